The molecule has 0 aliphatic carbocycles. The Morgan fingerprint density at radius 2 is 1.73 bits per heavy atom. The molecule has 0 radical (unpaired) electrons. The molecule has 2 aliphatic heterocycles. The predicted octanol–water partition coefficient (Wildman–Crippen LogP) is 3.49. The molecule has 2 fully saturated rings. The number of alkyl halides is 5. The normalized spacial score (nSPS) is 18.1. The van der Waals surface area contributed by atoms with E-state index in [2.05, 4.69) is 20.1 Å². The number of anilines is 2. The fourth-order valence-corrected chi connectivity index (χ4v) is 5.39. The molecule has 0 unspecified atom stereocenters. The first-order valence-electron chi connectivity index (χ1n) is 12.2. The lowest BCUT2D eigenvalue weighted by Crippen LogP contribution is -2.44. The summed E-state index contributed by atoms with van der Waals surface area (Å²) in [4.78, 5) is 28.8. The van der Waals surface area contributed by atoms with E-state index in [4.69, 9.17) is 0 Å². The fraction of sp³-hybridized carbons (Fsp3) is 0.609. The molecular formula is C23H27F5N8O. The van der Waals surface area contributed by atoms with E-state index in [-0.39, 0.29) is 33.5 Å². The van der Waals surface area contributed by atoms with Crippen molar-refractivity contribution in [3.8, 4) is 0 Å². The molecular weight excluding hydrogens is 499 g/mol. The number of hydrogen-bond donors (Lipinski definition) is 0. The molecule has 3 aromatic rings. The summed E-state index contributed by atoms with van der Waals surface area (Å²) in [7, 11) is 0. The third-order valence-electron chi connectivity index (χ3n) is 7.33. The molecule has 5 rings (SSSR count). The predicted molar refractivity (Wildman–Crippen MR) is 126 cm³/mol. The summed E-state index contributed by atoms with van der Waals surface area (Å²) >= 11 is 0. The second kappa shape index (κ2) is 9.21. The molecule has 200 valence electrons. The summed E-state index contributed by atoms with van der Waals surface area (Å²) in [6, 6.07) is 1.57. The van der Waals surface area contributed by atoms with Gasteiger partial charge in [-0.2, -0.15) is 23.3 Å². The van der Waals surface area contributed by atoms with Crippen LogP contribution in [-0.4, -0.2) is 61.9 Å². The highest BCUT2D eigenvalue weighted by Crippen LogP contribution is 2.42. The van der Waals surface area contributed by atoms with E-state index in [0.717, 1.165) is 23.9 Å². The van der Waals surface area contributed by atoms with Crippen LogP contribution in [0.1, 0.15) is 37.7 Å². The number of nitrogens with zero attached hydrogens (tertiary/aromatic N) is 8. The molecule has 0 aromatic carbocycles. The smallest absolute Gasteiger partial charge is 0.356 e. The lowest BCUT2D eigenvalue weighted by atomic mass is 9.78. The molecule has 0 N–H and O–H groups in total. The Morgan fingerprint density at radius 1 is 1.05 bits per heavy atom. The average molecular weight is 527 g/mol. The van der Waals surface area contributed by atoms with Crippen LogP contribution in [0.2, 0.25) is 0 Å². The summed E-state index contributed by atoms with van der Waals surface area (Å²) in [6.45, 7) is 5.37. The highest BCUT2D eigenvalue weighted by atomic mass is 19.4. The number of hydrogen-bond acceptors (Lipinski definition) is 7. The third kappa shape index (κ3) is 4.73. The van der Waals surface area contributed by atoms with Gasteiger partial charge in [0.05, 0.1) is 6.20 Å². The maximum absolute atomic E-state index is 13.2. The SMILES string of the molecule is CCn1c(N2CCC3(CCN(c4cc(C)nc(C(F)(F)F)n4)C3)CC2)nc2c(cnn2CC(F)F)c1=O. The van der Waals surface area contributed by atoms with E-state index in [1.54, 1.807) is 6.07 Å². The van der Waals surface area contributed by atoms with Crippen LogP contribution < -0.4 is 15.4 Å². The minimum Gasteiger partial charge on any atom is -0.356 e. The van der Waals surface area contributed by atoms with Gasteiger partial charge in [-0.1, -0.05) is 0 Å². The Kier molecular flexibility index (Phi) is 6.31. The van der Waals surface area contributed by atoms with E-state index in [0.29, 0.717) is 38.7 Å². The van der Waals surface area contributed by atoms with Crippen LogP contribution in [0, 0.1) is 12.3 Å². The van der Waals surface area contributed by atoms with Gasteiger partial charge in [0, 0.05) is 44.5 Å². The Morgan fingerprint density at radius 3 is 2.35 bits per heavy atom. The second-order valence-electron chi connectivity index (χ2n) is 9.76. The monoisotopic (exact) mass is 526 g/mol. The highest BCUT2D eigenvalue weighted by molar-refractivity contribution is 5.75. The molecule has 2 aliphatic rings. The standard InChI is InChI=1S/C23H27F5N8O/c1-3-35-19(37)15-11-29-36(12-16(24)25)18(15)32-21(35)33-7-4-22(5-8-33)6-9-34(13-22)17-10-14(2)30-20(31-17)23(26,27)28/h10-11,16H,3-9,12-13H2,1-2H3. The molecule has 1 spiro atoms. The zero-order chi connectivity index (χ0) is 26.5. The van der Waals surface area contributed by atoms with Gasteiger partial charge >= 0.3 is 6.18 Å². The Labute approximate surface area is 208 Å². The molecule has 37 heavy (non-hydrogen) atoms. The van der Waals surface area contributed by atoms with Gasteiger partial charge in [0.1, 0.15) is 17.7 Å². The van der Waals surface area contributed by atoms with Crippen LogP contribution in [0.15, 0.2) is 17.1 Å². The van der Waals surface area contributed by atoms with Gasteiger partial charge in [-0.3, -0.25) is 9.36 Å². The van der Waals surface area contributed by atoms with Crippen LogP contribution in [0.25, 0.3) is 11.0 Å². The van der Waals surface area contributed by atoms with Gasteiger partial charge in [0.2, 0.25) is 11.8 Å². The maximum Gasteiger partial charge on any atom is 0.451 e. The number of aromatic nitrogens is 6. The summed E-state index contributed by atoms with van der Waals surface area (Å²) in [5.41, 5.74) is -0.0304. The molecule has 5 heterocycles. The van der Waals surface area contributed by atoms with E-state index in [9.17, 15) is 26.7 Å². The summed E-state index contributed by atoms with van der Waals surface area (Å²) in [6.07, 6.45) is -3.67. The van der Waals surface area contributed by atoms with Crippen molar-refractivity contribution < 1.29 is 22.0 Å². The van der Waals surface area contributed by atoms with Gasteiger partial charge in [0.25, 0.3) is 12.0 Å². The first-order chi connectivity index (χ1) is 17.5. The molecule has 3 aromatic heterocycles. The van der Waals surface area contributed by atoms with Crippen molar-refractivity contribution in [2.45, 2.75) is 58.8 Å². The molecule has 0 amide bonds. The Bertz CT molecular complexity index is 1360. The number of halogens is 5. The molecule has 2 saturated heterocycles. The molecule has 0 saturated carbocycles. The van der Waals surface area contributed by atoms with E-state index in [1.807, 2.05) is 16.7 Å². The van der Waals surface area contributed by atoms with E-state index < -0.39 is 25.0 Å². The quantitative estimate of drug-likeness (QED) is 0.471. The Hall–Kier alpha value is -3.32. The summed E-state index contributed by atoms with van der Waals surface area (Å²) in [5, 5.41) is 4.14. The minimum absolute atomic E-state index is 0.105. The molecule has 0 atom stereocenters. The molecule has 9 nitrogen and oxygen atoms in total. The lowest BCUT2D eigenvalue weighted by Gasteiger charge is -2.40. The first kappa shape index (κ1) is 25.3. The largest absolute Gasteiger partial charge is 0.451 e. The van der Waals surface area contributed by atoms with Gasteiger partial charge in [-0.05, 0) is 38.5 Å². The van der Waals surface area contributed by atoms with Crippen LogP contribution in [-0.2, 0) is 19.3 Å². The Balaban J connectivity index is 1.36. The highest BCUT2D eigenvalue weighted by Gasteiger charge is 2.43. The van der Waals surface area contributed by atoms with Crippen molar-refractivity contribution in [2.24, 2.45) is 5.41 Å². The summed E-state index contributed by atoms with van der Waals surface area (Å²) in [5.74, 6) is -0.441. The van der Waals surface area contributed by atoms with Crippen LogP contribution in [0.3, 0.4) is 0 Å². The van der Waals surface area contributed by atoms with Crippen molar-refractivity contribution in [3.63, 3.8) is 0 Å². The van der Waals surface area contributed by atoms with Crippen molar-refractivity contribution in [1.29, 1.82) is 0 Å². The maximum atomic E-state index is 13.2. The van der Waals surface area contributed by atoms with Gasteiger partial charge in [-0.15, -0.1) is 0 Å². The van der Waals surface area contributed by atoms with Crippen LogP contribution in [0.5, 0.6) is 0 Å². The number of fused-ring (bicyclic) bond motifs is 1. The first-order valence-corrected chi connectivity index (χ1v) is 12.2. The van der Waals surface area contributed by atoms with E-state index in [1.165, 1.54) is 17.7 Å². The minimum atomic E-state index is -4.61. The zero-order valence-corrected chi connectivity index (χ0v) is 20.5. The third-order valence-corrected chi connectivity index (χ3v) is 7.33. The van der Waals surface area contributed by atoms with Gasteiger partial charge in [0.15, 0.2) is 5.65 Å². The van der Waals surface area contributed by atoms with E-state index >= 15 is 0 Å². The van der Waals surface area contributed by atoms with Crippen molar-refractivity contribution >= 4 is 22.8 Å². The number of aryl methyl sites for hydroxylation is 1. The number of rotatable bonds is 5. The van der Waals surface area contributed by atoms with Crippen molar-refractivity contribution in [1.82, 2.24) is 29.3 Å². The molecule has 0 bridgehead atoms. The van der Waals surface area contributed by atoms with Gasteiger partial charge in [-0.25, -0.2) is 23.4 Å². The molecule has 14 heteroatoms. The van der Waals surface area contributed by atoms with Crippen LogP contribution >= 0.6 is 0 Å². The van der Waals surface area contributed by atoms with Gasteiger partial charge < -0.3 is 9.80 Å². The fourth-order valence-electron chi connectivity index (χ4n) is 5.39. The number of piperidine rings is 1. The second-order valence-corrected chi connectivity index (χ2v) is 9.76. The zero-order valence-electron chi connectivity index (χ0n) is 20.5. The summed E-state index contributed by atoms with van der Waals surface area (Å²) < 4.78 is 68.3. The van der Waals surface area contributed by atoms with Crippen molar-refractivity contribution in [3.05, 3.63) is 34.1 Å². The van der Waals surface area contributed by atoms with Crippen molar-refractivity contribution in [2.75, 3.05) is 36.0 Å². The topological polar surface area (TPSA) is 85.0 Å². The average Bonchev–Trinajstić information content (AvgIpc) is 3.43. The van der Waals surface area contributed by atoms with Crippen LogP contribution in [0.4, 0.5) is 33.7 Å². The lowest BCUT2D eigenvalue weighted by molar-refractivity contribution is -0.145.